The van der Waals surface area contributed by atoms with E-state index >= 15 is 0 Å². The van der Waals surface area contributed by atoms with Gasteiger partial charge in [-0.3, -0.25) is 20.4 Å². The summed E-state index contributed by atoms with van der Waals surface area (Å²) in [5, 5.41) is 0. The Morgan fingerprint density at radius 3 is 2.06 bits per heavy atom. The van der Waals surface area contributed by atoms with Crippen molar-refractivity contribution in [3.05, 3.63) is 41.5 Å². The lowest BCUT2D eigenvalue weighted by atomic mass is 10.1. The van der Waals surface area contributed by atoms with Gasteiger partial charge in [-0.2, -0.15) is 0 Å². The minimum Gasteiger partial charge on any atom is -0.493 e. The highest BCUT2D eigenvalue weighted by Crippen LogP contribution is 2.38. The largest absolute Gasteiger partial charge is 0.493 e. The average Bonchev–Trinajstić information content (AvgIpc) is 2.85. The first kappa shape index (κ1) is 25.6. The van der Waals surface area contributed by atoms with Gasteiger partial charge in [-0.1, -0.05) is 13.3 Å². The van der Waals surface area contributed by atoms with Crippen molar-refractivity contribution in [1.82, 2.24) is 10.9 Å². The highest BCUT2D eigenvalue weighted by atomic mass is 16.5. The number of methoxy groups -OCH3 is 4. The second kappa shape index (κ2) is 13.0. The molecule has 0 saturated heterocycles. The van der Waals surface area contributed by atoms with Gasteiger partial charge in [0.25, 0.3) is 5.91 Å². The number of unbranched alkanes of at least 4 members (excludes halogenated alkanes) is 1. The van der Waals surface area contributed by atoms with E-state index in [9.17, 15) is 9.59 Å². The zero-order valence-electron chi connectivity index (χ0n) is 19.8. The number of amides is 2. The van der Waals surface area contributed by atoms with Crippen LogP contribution in [0, 0.1) is 0 Å². The van der Waals surface area contributed by atoms with E-state index in [0.29, 0.717) is 47.3 Å². The molecule has 9 nitrogen and oxygen atoms in total. The van der Waals surface area contributed by atoms with Gasteiger partial charge in [0.1, 0.15) is 0 Å². The number of hydrogen-bond acceptors (Lipinski definition) is 7. The topological polar surface area (TPSA) is 104 Å². The summed E-state index contributed by atoms with van der Waals surface area (Å²) in [5.74, 6) is 1.72. The van der Waals surface area contributed by atoms with E-state index in [1.807, 2.05) is 0 Å². The van der Waals surface area contributed by atoms with Crippen LogP contribution in [0.5, 0.6) is 28.7 Å². The normalized spacial score (nSPS) is 10.2. The maximum Gasteiger partial charge on any atom is 0.269 e. The number of nitrogens with one attached hydrogen (secondary N) is 2. The summed E-state index contributed by atoms with van der Waals surface area (Å²) in [5.41, 5.74) is 6.01. The van der Waals surface area contributed by atoms with Gasteiger partial charge < -0.3 is 23.7 Å². The molecular formula is C24H32N2O7. The van der Waals surface area contributed by atoms with E-state index in [2.05, 4.69) is 17.8 Å². The highest BCUT2D eigenvalue weighted by molar-refractivity contribution is 5.96. The van der Waals surface area contributed by atoms with Crippen molar-refractivity contribution in [1.29, 1.82) is 0 Å². The fourth-order valence-corrected chi connectivity index (χ4v) is 3.05. The van der Waals surface area contributed by atoms with Crippen molar-refractivity contribution in [2.75, 3.05) is 35.0 Å². The molecule has 180 valence electrons. The third kappa shape index (κ3) is 7.20. The molecule has 33 heavy (non-hydrogen) atoms. The van der Waals surface area contributed by atoms with Crippen molar-refractivity contribution in [2.45, 2.75) is 32.6 Å². The van der Waals surface area contributed by atoms with Crippen LogP contribution < -0.4 is 34.5 Å². The zero-order valence-corrected chi connectivity index (χ0v) is 19.8. The van der Waals surface area contributed by atoms with Gasteiger partial charge in [0, 0.05) is 12.0 Å². The average molecular weight is 461 g/mol. The zero-order chi connectivity index (χ0) is 24.2. The van der Waals surface area contributed by atoms with Gasteiger partial charge in [0.2, 0.25) is 11.7 Å². The summed E-state index contributed by atoms with van der Waals surface area (Å²) in [6.07, 6.45) is 2.50. The lowest BCUT2D eigenvalue weighted by Gasteiger charge is -2.14. The molecule has 2 N–H and O–H groups in total. The molecule has 0 heterocycles. The summed E-state index contributed by atoms with van der Waals surface area (Å²) in [6.45, 7) is 2.65. The quantitative estimate of drug-likeness (QED) is 0.370. The van der Waals surface area contributed by atoms with Crippen LogP contribution in [0.15, 0.2) is 30.3 Å². The molecule has 0 aromatic heterocycles. The maximum atomic E-state index is 12.4. The molecule has 0 aliphatic heterocycles. The lowest BCUT2D eigenvalue weighted by Crippen LogP contribution is -2.41. The molecule has 0 aliphatic carbocycles. The van der Waals surface area contributed by atoms with Crippen molar-refractivity contribution in [3.63, 3.8) is 0 Å². The molecule has 2 amide bonds. The Balaban J connectivity index is 1.92. The molecule has 2 aromatic rings. The van der Waals surface area contributed by atoms with Gasteiger partial charge in [-0.25, -0.2) is 0 Å². The molecular weight excluding hydrogens is 428 g/mol. The summed E-state index contributed by atoms with van der Waals surface area (Å²) in [7, 11) is 6.10. The van der Waals surface area contributed by atoms with Crippen LogP contribution in [0.4, 0.5) is 0 Å². The molecule has 0 bridgehead atoms. The minimum absolute atomic E-state index is 0.145. The number of rotatable bonds is 12. The van der Waals surface area contributed by atoms with Gasteiger partial charge in [0.15, 0.2) is 23.0 Å². The fourth-order valence-electron chi connectivity index (χ4n) is 3.05. The highest BCUT2D eigenvalue weighted by Gasteiger charge is 2.15. The molecule has 0 spiro atoms. The number of hydrogen-bond donors (Lipinski definition) is 2. The number of benzene rings is 2. The Bertz CT molecular complexity index is 921. The summed E-state index contributed by atoms with van der Waals surface area (Å²) >= 11 is 0. The van der Waals surface area contributed by atoms with Crippen molar-refractivity contribution < 1.29 is 33.3 Å². The third-order valence-electron chi connectivity index (χ3n) is 4.86. The minimum atomic E-state index is -0.463. The van der Waals surface area contributed by atoms with Crippen LogP contribution >= 0.6 is 0 Å². The van der Waals surface area contributed by atoms with Gasteiger partial charge in [0.05, 0.1) is 35.0 Å². The molecule has 0 unspecified atom stereocenters. The van der Waals surface area contributed by atoms with E-state index < -0.39 is 5.91 Å². The third-order valence-corrected chi connectivity index (χ3v) is 4.86. The van der Waals surface area contributed by atoms with E-state index in [1.54, 1.807) is 30.3 Å². The predicted octanol–water partition coefficient (Wildman–Crippen LogP) is 3.29. The van der Waals surface area contributed by atoms with Crippen LogP contribution in [-0.2, 0) is 11.2 Å². The van der Waals surface area contributed by atoms with Crippen LogP contribution in [-0.4, -0.2) is 46.9 Å². The molecule has 0 aliphatic rings. The van der Waals surface area contributed by atoms with Crippen LogP contribution in [0.3, 0.4) is 0 Å². The van der Waals surface area contributed by atoms with E-state index in [4.69, 9.17) is 23.7 Å². The van der Waals surface area contributed by atoms with Crippen LogP contribution in [0.2, 0.25) is 0 Å². The van der Waals surface area contributed by atoms with Gasteiger partial charge in [-0.15, -0.1) is 0 Å². The molecule has 2 rings (SSSR count). The molecule has 2 aromatic carbocycles. The second-order valence-electron chi connectivity index (χ2n) is 7.10. The lowest BCUT2D eigenvalue weighted by molar-refractivity contribution is -0.121. The fraction of sp³-hybridized carbons (Fsp3) is 0.417. The number of carbonyl (C=O) groups is 2. The Kier molecular flexibility index (Phi) is 10.1. The Hall–Kier alpha value is -3.62. The second-order valence-corrected chi connectivity index (χ2v) is 7.10. The van der Waals surface area contributed by atoms with E-state index in [0.717, 1.165) is 18.4 Å². The number of aryl methyl sites for hydroxylation is 1. The number of carbonyl (C=O) groups excluding carboxylic acids is 2. The van der Waals surface area contributed by atoms with Gasteiger partial charge >= 0.3 is 0 Å². The SMILES string of the molecule is CCCCOc1ccc(C(=O)NNC(=O)CCc2cc(OC)c(OC)c(OC)c2)cc1OC. The van der Waals surface area contributed by atoms with Crippen LogP contribution in [0.1, 0.15) is 42.1 Å². The van der Waals surface area contributed by atoms with Crippen molar-refractivity contribution in [2.24, 2.45) is 0 Å². The first-order chi connectivity index (χ1) is 16.0. The van der Waals surface area contributed by atoms with E-state index in [-0.39, 0.29) is 12.3 Å². The smallest absolute Gasteiger partial charge is 0.269 e. The number of hydrazine groups is 1. The molecule has 0 saturated carbocycles. The molecule has 0 atom stereocenters. The number of ether oxygens (including phenoxy) is 5. The Morgan fingerprint density at radius 1 is 0.818 bits per heavy atom. The molecule has 0 radical (unpaired) electrons. The standard InChI is InChI=1S/C24H32N2O7/c1-6-7-12-33-18-10-9-17(15-19(18)29-2)24(28)26-25-22(27)11-8-16-13-20(30-3)23(32-5)21(14-16)31-4/h9-10,13-15H,6-8,11-12H2,1-5H3,(H,25,27)(H,26,28). The first-order valence-electron chi connectivity index (χ1n) is 10.7. The Morgan fingerprint density at radius 2 is 1.48 bits per heavy atom. The van der Waals surface area contributed by atoms with Crippen molar-refractivity contribution in [3.8, 4) is 28.7 Å². The van der Waals surface area contributed by atoms with E-state index in [1.165, 1.54) is 28.4 Å². The summed E-state index contributed by atoms with van der Waals surface area (Å²) < 4.78 is 26.9. The molecule has 0 fully saturated rings. The Labute approximate surface area is 194 Å². The summed E-state index contributed by atoms with van der Waals surface area (Å²) in [6, 6.07) is 8.42. The van der Waals surface area contributed by atoms with Gasteiger partial charge in [-0.05, 0) is 48.7 Å². The van der Waals surface area contributed by atoms with Crippen molar-refractivity contribution >= 4 is 11.8 Å². The maximum absolute atomic E-state index is 12.4. The predicted molar refractivity (Wildman–Crippen MR) is 123 cm³/mol. The molecule has 9 heteroatoms. The first-order valence-corrected chi connectivity index (χ1v) is 10.7. The summed E-state index contributed by atoms with van der Waals surface area (Å²) in [4.78, 5) is 24.7. The monoisotopic (exact) mass is 460 g/mol. The van der Waals surface area contributed by atoms with Crippen LogP contribution in [0.25, 0.3) is 0 Å².